The van der Waals surface area contributed by atoms with Crippen LogP contribution in [0.15, 0.2) is 48.7 Å². The Bertz CT molecular complexity index is 1090. The highest BCUT2D eigenvalue weighted by Gasteiger charge is 2.20. The number of nitrogens with one attached hydrogen (secondary N) is 1. The molecule has 30 heavy (non-hydrogen) atoms. The number of halogens is 2. The summed E-state index contributed by atoms with van der Waals surface area (Å²) in [6, 6.07) is 11.1. The van der Waals surface area contributed by atoms with Crippen molar-refractivity contribution in [2.45, 2.75) is 12.8 Å². The molecule has 0 radical (unpaired) electrons. The first-order chi connectivity index (χ1) is 14.4. The largest absolute Gasteiger partial charge is 0.364 e. The van der Waals surface area contributed by atoms with E-state index in [1.54, 1.807) is 24.3 Å². The van der Waals surface area contributed by atoms with Gasteiger partial charge in [0, 0.05) is 24.3 Å². The number of nitrogens with zero attached hydrogens (tertiary/aromatic N) is 3. The molecule has 0 aliphatic carbocycles. The summed E-state index contributed by atoms with van der Waals surface area (Å²) in [7, 11) is 0. The molecule has 1 fully saturated rings. The molecule has 0 saturated carbocycles. The quantitative estimate of drug-likeness (QED) is 0.648. The van der Waals surface area contributed by atoms with Crippen LogP contribution < -0.4 is 11.1 Å². The van der Waals surface area contributed by atoms with Crippen LogP contribution in [0.2, 0.25) is 5.02 Å². The molecular weight excluding hydrogens is 409 g/mol. The highest BCUT2D eigenvalue weighted by atomic mass is 35.5. The van der Waals surface area contributed by atoms with Crippen LogP contribution in [0.5, 0.6) is 0 Å². The molecule has 0 atom stereocenters. The van der Waals surface area contributed by atoms with Gasteiger partial charge in [0.1, 0.15) is 11.5 Å². The molecule has 1 aromatic heterocycles. The van der Waals surface area contributed by atoms with Crippen molar-refractivity contribution >= 4 is 34.8 Å². The van der Waals surface area contributed by atoms with Gasteiger partial charge in [0.05, 0.1) is 16.9 Å². The second kappa shape index (κ2) is 8.16. The summed E-state index contributed by atoms with van der Waals surface area (Å²) in [6.07, 6.45) is 3.49. The van der Waals surface area contributed by atoms with Crippen LogP contribution in [0.25, 0.3) is 5.69 Å². The van der Waals surface area contributed by atoms with Crippen LogP contribution in [0.3, 0.4) is 0 Å². The van der Waals surface area contributed by atoms with Crippen molar-refractivity contribution in [3.8, 4) is 5.69 Å². The van der Waals surface area contributed by atoms with E-state index in [-0.39, 0.29) is 22.3 Å². The first-order valence-corrected chi connectivity index (χ1v) is 9.82. The summed E-state index contributed by atoms with van der Waals surface area (Å²) >= 11 is 6.09. The highest BCUT2D eigenvalue weighted by molar-refractivity contribution is 6.32. The molecule has 2 amide bonds. The number of likely N-dealkylation sites (tertiary alicyclic amines) is 1. The van der Waals surface area contributed by atoms with Gasteiger partial charge in [-0.3, -0.25) is 9.59 Å². The molecular formula is C21H19ClFN5O2. The zero-order valence-corrected chi connectivity index (χ0v) is 16.7. The Hall–Kier alpha value is -3.39. The Morgan fingerprint density at radius 1 is 1.10 bits per heavy atom. The van der Waals surface area contributed by atoms with Gasteiger partial charge >= 0.3 is 0 Å². The zero-order chi connectivity index (χ0) is 21.3. The Morgan fingerprint density at radius 2 is 1.80 bits per heavy atom. The van der Waals surface area contributed by atoms with Crippen molar-refractivity contribution in [1.29, 1.82) is 0 Å². The highest BCUT2D eigenvalue weighted by Crippen LogP contribution is 2.27. The fraction of sp³-hybridized carbons (Fsp3) is 0.190. The average Bonchev–Trinajstić information content (AvgIpc) is 3.38. The Balaban J connectivity index is 1.60. The number of primary amides is 1. The molecule has 2 heterocycles. The number of amides is 2. The molecule has 1 aliphatic rings. The van der Waals surface area contributed by atoms with Gasteiger partial charge in [-0.2, -0.15) is 5.10 Å². The van der Waals surface area contributed by atoms with Crippen molar-refractivity contribution < 1.29 is 14.0 Å². The summed E-state index contributed by atoms with van der Waals surface area (Å²) in [4.78, 5) is 26.1. The number of carbonyl (C=O) groups is 2. The molecule has 9 heteroatoms. The maximum Gasteiger partial charge on any atom is 0.271 e. The SMILES string of the molecule is NC(=O)c1nn(-c2c(F)cccc2Cl)cc1Nc1ccc(C(=O)N2CCCC2)cc1. The molecule has 0 bridgehead atoms. The summed E-state index contributed by atoms with van der Waals surface area (Å²) in [5, 5.41) is 7.28. The predicted molar refractivity (Wildman–Crippen MR) is 112 cm³/mol. The number of hydrogen-bond acceptors (Lipinski definition) is 4. The van der Waals surface area contributed by atoms with E-state index in [0.29, 0.717) is 16.9 Å². The fourth-order valence-electron chi connectivity index (χ4n) is 3.42. The molecule has 7 nitrogen and oxygen atoms in total. The minimum Gasteiger partial charge on any atom is -0.364 e. The lowest BCUT2D eigenvalue weighted by molar-refractivity contribution is 0.0792. The first kappa shape index (κ1) is 19.9. The second-order valence-electron chi connectivity index (χ2n) is 6.97. The monoisotopic (exact) mass is 427 g/mol. The third-order valence-corrected chi connectivity index (χ3v) is 5.22. The Labute approximate surface area is 177 Å². The minimum atomic E-state index is -0.774. The zero-order valence-electron chi connectivity index (χ0n) is 15.9. The number of aromatic nitrogens is 2. The number of rotatable bonds is 5. The van der Waals surface area contributed by atoms with Crippen LogP contribution in [0.1, 0.15) is 33.7 Å². The minimum absolute atomic E-state index is 0.00103. The van der Waals surface area contributed by atoms with Crippen LogP contribution in [0, 0.1) is 5.82 Å². The molecule has 3 N–H and O–H groups in total. The molecule has 0 unspecified atom stereocenters. The topological polar surface area (TPSA) is 93.2 Å². The van der Waals surface area contributed by atoms with Crippen molar-refractivity contribution in [2.75, 3.05) is 18.4 Å². The molecule has 1 aliphatic heterocycles. The Kier molecular flexibility index (Phi) is 5.41. The molecule has 154 valence electrons. The molecule has 0 spiro atoms. The smallest absolute Gasteiger partial charge is 0.271 e. The van der Waals surface area contributed by atoms with E-state index in [0.717, 1.165) is 25.9 Å². The van der Waals surface area contributed by atoms with Gasteiger partial charge in [-0.15, -0.1) is 0 Å². The summed E-state index contributed by atoms with van der Waals surface area (Å²) < 4.78 is 15.4. The lowest BCUT2D eigenvalue weighted by Gasteiger charge is -2.15. The van der Waals surface area contributed by atoms with Crippen molar-refractivity contribution in [3.63, 3.8) is 0 Å². The van der Waals surface area contributed by atoms with E-state index < -0.39 is 11.7 Å². The average molecular weight is 428 g/mol. The standard InChI is InChI=1S/C21H19ClFN5O2/c22-15-4-3-5-16(23)19(15)28-12-17(18(26-28)20(24)29)25-14-8-6-13(7-9-14)21(30)27-10-1-2-11-27/h3-9,12,25H,1-2,10-11H2,(H2,24,29). The fourth-order valence-corrected chi connectivity index (χ4v) is 3.67. The van der Waals surface area contributed by atoms with Gasteiger partial charge in [0.2, 0.25) is 0 Å². The number of hydrogen-bond donors (Lipinski definition) is 2. The van der Waals surface area contributed by atoms with E-state index in [1.165, 1.54) is 29.1 Å². The van der Waals surface area contributed by atoms with E-state index in [2.05, 4.69) is 10.4 Å². The number of para-hydroxylation sites is 1. The molecule has 3 aromatic rings. The summed E-state index contributed by atoms with van der Waals surface area (Å²) in [6.45, 7) is 1.55. The Morgan fingerprint density at radius 3 is 2.43 bits per heavy atom. The lowest BCUT2D eigenvalue weighted by atomic mass is 10.2. The molecule has 4 rings (SSSR count). The lowest BCUT2D eigenvalue weighted by Crippen LogP contribution is -2.27. The normalized spacial score (nSPS) is 13.5. The number of carbonyl (C=O) groups excluding carboxylic acids is 2. The molecule has 2 aromatic carbocycles. The van der Waals surface area contributed by atoms with Crippen molar-refractivity contribution in [2.24, 2.45) is 5.73 Å². The molecule has 1 saturated heterocycles. The van der Waals surface area contributed by atoms with Crippen LogP contribution in [-0.2, 0) is 0 Å². The number of benzene rings is 2. The van der Waals surface area contributed by atoms with Gasteiger partial charge in [0.15, 0.2) is 5.69 Å². The summed E-state index contributed by atoms with van der Waals surface area (Å²) in [5.74, 6) is -1.36. The summed E-state index contributed by atoms with van der Waals surface area (Å²) in [5.41, 5.74) is 6.89. The van der Waals surface area contributed by atoms with Gasteiger partial charge in [0.25, 0.3) is 11.8 Å². The first-order valence-electron chi connectivity index (χ1n) is 9.44. The maximum atomic E-state index is 14.2. The number of anilines is 2. The van der Waals surface area contributed by atoms with Gasteiger partial charge < -0.3 is 16.0 Å². The third kappa shape index (κ3) is 3.86. The van der Waals surface area contributed by atoms with E-state index >= 15 is 0 Å². The maximum absolute atomic E-state index is 14.2. The van der Waals surface area contributed by atoms with E-state index in [4.69, 9.17) is 17.3 Å². The third-order valence-electron chi connectivity index (χ3n) is 4.92. The van der Waals surface area contributed by atoms with E-state index in [1.807, 2.05) is 4.90 Å². The van der Waals surface area contributed by atoms with E-state index in [9.17, 15) is 14.0 Å². The number of nitrogens with two attached hydrogens (primary N) is 1. The van der Waals surface area contributed by atoms with Crippen molar-refractivity contribution in [3.05, 3.63) is 70.8 Å². The van der Waals surface area contributed by atoms with Gasteiger partial charge in [-0.1, -0.05) is 17.7 Å². The van der Waals surface area contributed by atoms with Gasteiger partial charge in [-0.05, 0) is 49.2 Å². The van der Waals surface area contributed by atoms with Crippen LogP contribution in [-0.4, -0.2) is 39.6 Å². The van der Waals surface area contributed by atoms with Gasteiger partial charge in [-0.25, -0.2) is 9.07 Å². The van der Waals surface area contributed by atoms with Crippen LogP contribution in [0.4, 0.5) is 15.8 Å². The second-order valence-corrected chi connectivity index (χ2v) is 7.38. The van der Waals surface area contributed by atoms with Crippen molar-refractivity contribution in [1.82, 2.24) is 14.7 Å². The van der Waals surface area contributed by atoms with Crippen LogP contribution >= 0.6 is 11.6 Å². The predicted octanol–water partition coefficient (Wildman–Crippen LogP) is 3.74.